The average molecular weight is 447 g/mol. The number of aromatic nitrogens is 2. The second-order valence-corrected chi connectivity index (χ2v) is 7.06. The Morgan fingerprint density at radius 3 is 2.38 bits per heavy atom. The zero-order valence-corrected chi connectivity index (χ0v) is 16.4. The predicted molar refractivity (Wildman–Crippen MR) is 104 cm³/mol. The van der Waals surface area contributed by atoms with Crippen molar-refractivity contribution in [3.63, 3.8) is 0 Å². The summed E-state index contributed by atoms with van der Waals surface area (Å²) in [5, 5.41) is 0. The van der Waals surface area contributed by atoms with Gasteiger partial charge in [0.25, 0.3) is 5.91 Å². The highest BCUT2D eigenvalue weighted by Gasteiger charge is 2.50. The fourth-order valence-corrected chi connectivity index (χ4v) is 3.53. The van der Waals surface area contributed by atoms with Crippen LogP contribution < -0.4 is 5.73 Å². The van der Waals surface area contributed by atoms with E-state index in [1.54, 1.807) is 0 Å². The van der Waals surface area contributed by atoms with Crippen LogP contribution in [0.2, 0.25) is 0 Å². The number of hydrogen-bond acceptors (Lipinski definition) is 5. The van der Waals surface area contributed by atoms with Crippen LogP contribution in [0, 0.1) is 11.6 Å². The molecule has 0 radical (unpaired) electrons. The number of alkyl halides is 3. The number of carbonyl (C=O) groups excluding carboxylic acids is 1. The highest BCUT2D eigenvalue weighted by Crippen LogP contribution is 2.42. The summed E-state index contributed by atoms with van der Waals surface area (Å²) >= 11 is 0. The van der Waals surface area contributed by atoms with Gasteiger partial charge in [0, 0.05) is 30.6 Å². The van der Waals surface area contributed by atoms with Crippen molar-refractivity contribution in [2.75, 3.05) is 7.05 Å². The van der Waals surface area contributed by atoms with Crippen LogP contribution in [0.5, 0.6) is 0 Å². The molecule has 11 heteroatoms. The van der Waals surface area contributed by atoms with Gasteiger partial charge in [-0.1, -0.05) is 6.07 Å². The lowest BCUT2D eigenvalue weighted by atomic mass is 9.81. The molecule has 4 rings (SSSR count). The molecule has 2 aromatic heterocycles. The zero-order chi connectivity index (χ0) is 23.3. The van der Waals surface area contributed by atoms with Crippen LogP contribution in [0.25, 0.3) is 11.1 Å². The standard InChI is InChI=1S/C21H14F5N5O/c1-31-18(32)20(30-19(31)27,13-4-5-29-17(8-13)21(24,25)26)12-2-3-16(23)15(7-12)11-6-14(22)10-28-9-11/h2-10H,1H3,(H2,27,30). The third-order valence-corrected chi connectivity index (χ3v) is 5.11. The van der Waals surface area contributed by atoms with Crippen molar-refractivity contribution in [1.82, 2.24) is 14.9 Å². The van der Waals surface area contributed by atoms with Gasteiger partial charge in [-0.25, -0.2) is 13.8 Å². The van der Waals surface area contributed by atoms with Crippen LogP contribution >= 0.6 is 0 Å². The summed E-state index contributed by atoms with van der Waals surface area (Å²) in [6, 6.07) is 6.38. The van der Waals surface area contributed by atoms with Gasteiger partial charge in [0.15, 0.2) is 11.5 Å². The predicted octanol–water partition coefficient (Wildman–Crippen LogP) is 3.47. The number of amides is 1. The Bertz CT molecular complexity index is 1260. The molecule has 2 N–H and O–H groups in total. The van der Waals surface area contributed by atoms with Gasteiger partial charge in [-0.3, -0.25) is 19.7 Å². The van der Waals surface area contributed by atoms with Gasteiger partial charge in [-0.15, -0.1) is 0 Å². The van der Waals surface area contributed by atoms with Gasteiger partial charge in [-0.05, 0) is 41.5 Å². The summed E-state index contributed by atoms with van der Waals surface area (Å²) in [6.45, 7) is 0. The maximum absolute atomic E-state index is 14.6. The van der Waals surface area contributed by atoms with E-state index in [0.29, 0.717) is 6.07 Å². The van der Waals surface area contributed by atoms with Crippen LogP contribution in [-0.2, 0) is 16.5 Å². The van der Waals surface area contributed by atoms with Crippen molar-refractivity contribution in [3.05, 3.63) is 83.4 Å². The Kier molecular flexibility index (Phi) is 4.91. The highest BCUT2D eigenvalue weighted by molar-refractivity contribution is 6.09. The molecule has 1 aliphatic heterocycles. The Morgan fingerprint density at radius 1 is 1.03 bits per heavy atom. The summed E-state index contributed by atoms with van der Waals surface area (Å²) in [4.78, 5) is 25.4. The molecule has 1 aromatic carbocycles. The molecule has 3 heterocycles. The van der Waals surface area contributed by atoms with Crippen LogP contribution in [0.1, 0.15) is 16.8 Å². The quantitative estimate of drug-likeness (QED) is 0.624. The number of nitrogens with two attached hydrogens (primary N) is 1. The lowest BCUT2D eigenvalue weighted by molar-refractivity contribution is -0.141. The Labute approximate surface area is 178 Å². The molecule has 1 aliphatic rings. The molecule has 0 spiro atoms. The maximum Gasteiger partial charge on any atom is 0.433 e. The molecular formula is C21H14F5N5O. The minimum absolute atomic E-state index is 0.0368. The summed E-state index contributed by atoms with van der Waals surface area (Å²) < 4.78 is 68.2. The molecule has 3 aromatic rings. The number of halogens is 5. The molecule has 0 saturated heterocycles. The number of aliphatic imine (C=N–C) groups is 1. The topological polar surface area (TPSA) is 84.5 Å². The van der Waals surface area contributed by atoms with E-state index >= 15 is 0 Å². The van der Waals surface area contributed by atoms with Gasteiger partial charge in [0.1, 0.15) is 17.3 Å². The molecule has 1 amide bonds. The van der Waals surface area contributed by atoms with E-state index in [-0.39, 0.29) is 28.2 Å². The second kappa shape index (κ2) is 7.36. The molecule has 0 saturated carbocycles. The minimum Gasteiger partial charge on any atom is -0.369 e. The molecule has 6 nitrogen and oxygen atoms in total. The first-order valence-electron chi connectivity index (χ1n) is 9.12. The van der Waals surface area contributed by atoms with Crippen molar-refractivity contribution in [2.45, 2.75) is 11.7 Å². The fraction of sp³-hybridized carbons (Fsp3) is 0.143. The monoisotopic (exact) mass is 447 g/mol. The number of benzene rings is 1. The molecular weight excluding hydrogens is 433 g/mol. The van der Waals surface area contributed by atoms with Crippen LogP contribution in [0.4, 0.5) is 22.0 Å². The first kappa shape index (κ1) is 21.3. The van der Waals surface area contributed by atoms with Gasteiger partial charge in [0.05, 0.1) is 6.20 Å². The van der Waals surface area contributed by atoms with E-state index in [9.17, 15) is 26.7 Å². The number of pyridine rings is 2. The maximum atomic E-state index is 14.6. The Morgan fingerprint density at radius 2 is 1.75 bits per heavy atom. The average Bonchev–Trinajstić information content (AvgIpc) is 2.98. The number of rotatable bonds is 3. The van der Waals surface area contributed by atoms with Gasteiger partial charge >= 0.3 is 6.18 Å². The van der Waals surface area contributed by atoms with Crippen molar-refractivity contribution >= 4 is 11.9 Å². The van der Waals surface area contributed by atoms with E-state index in [2.05, 4.69) is 15.0 Å². The van der Waals surface area contributed by atoms with Crippen molar-refractivity contribution in [2.24, 2.45) is 10.7 Å². The SMILES string of the molecule is CN1C(=O)C(c2ccnc(C(F)(F)F)c2)(c2ccc(F)c(-c3cncc(F)c3)c2)N=C1N. The third kappa shape index (κ3) is 3.35. The second-order valence-electron chi connectivity index (χ2n) is 7.06. The first-order chi connectivity index (χ1) is 15.0. The van der Waals surface area contributed by atoms with E-state index in [0.717, 1.165) is 29.4 Å². The lowest BCUT2D eigenvalue weighted by Gasteiger charge is -2.27. The number of guanidine groups is 1. The summed E-state index contributed by atoms with van der Waals surface area (Å²) in [6.07, 6.45) is -1.73. The highest BCUT2D eigenvalue weighted by atomic mass is 19.4. The van der Waals surface area contributed by atoms with Crippen molar-refractivity contribution in [3.8, 4) is 11.1 Å². The number of nitrogens with zero attached hydrogens (tertiary/aromatic N) is 4. The number of likely N-dealkylation sites (N-methyl/N-ethyl adjacent to an activating group) is 1. The Balaban J connectivity index is 1.99. The molecule has 1 atom stereocenters. The summed E-state index contributed by atoms with van der Waals surface area (Å²) in [5.74, 6) is -2.45. The summed E-state index contributed by atoms with van der Waals surface area (Å²) in [5.41, 5.74) is 2.40. The van der Waals surface area contributed by atoms with Crippen LogP contribution in [0.3, 0.4) is 0 Å². The van der Waals surface area contributed by atoms with Gasteiger partial charge in [0.2, 0.25) is 0 Å². The molecule has 0 fully saturated rings. The number of carbonyl (C=O) groups is 1. The normalized spacial score (nSPS) is 18.8. The van der Waals surface area contributed by atoms with Crippen LogP contribution in [0.15, 0.2) is 60.0 Å². The smallest absolute Gasteiger partial charge is 0.369 e. The van der Waals surface area contributed by atoms with E-state index in [4.69, 9.17) is 5.73 Å². The van der Waals surface area contributed by atoms with Gasteiger partial charge < -0.3 is 5.73 Å². The van der Waals surface area contributed by atoms with Crippen LogP contribution in [-0.4, -0.2) is 33.8 Å². The van der Waals surface area contributed by atoms with E-state index < -0.39 is 35.0 Å². The fourth-order valence-electron chi connectivity index (χ4n) is 3.53. The molecule has 0 aliphatic carbocycles. The molecule has 1 unspecified atom stereocenters. The molecule has 0 bridgehead atoms. The van der Waals surface area contributed by atoms with Crippen molar-refractivity contribution in [1.29, 1.82) is 0 Å². The largest absolute Gasteiger partial charge is 0.433 e. The van der Waals surface area contributed by atoms with E-state index in [1.807, 2.05) is 0 Å². The summed E-state index contributed by atoms with van der Waals surface area (Å²) in [7, 11) is 1.32. The molecule has 164 valence electrons. The molecule has 32 heavy (non-hydrogen) atoms. The number of hydrogen-bond donors (Lipinski definition) is 1. The lowest BCUT2D eigenvalue weighted by Crippen LogP contribution is -2.41. The van der Waals surface area contributed by atoms with Gasteiger partial charge in [-0.2, -0.15) is 13.2 Å². The van der Waals surface area contributed by atoms with Crippen molar-refractivity contribution < 1.29 is 26.7 Å². The Hall–Kier alpha value is -3.89. The minimum atomic E-state index is -4.78. The van der Waals surface area contributed by atoms with E-state index in [1.165, 1.54) is 31.4 Å². The first-order valence-corrected chi connectivity index (χ1v) is 9.12. The third-order valence-electron chi connectivity index (χ3n) is 5.11. The zero-order valence-electron chi connectivity index (χ0n) is 16.4.